The van der Waals surface area contributed by atoms with Crippen molar-refractivity contribution in [2.75, 3.05) is 12.4 Å². The van der Waals surface area contributed by atoms with Gasteiger partial charge in [-0.3, -0.25) is 0 Å². The summed E-state index contributed by atoms with van der Waals surface area (Å²) >= 11 is 4.45. The molecule has 1 N–H and O–H groups in total. The molecular weight excluding hydrogens is 268 g/mol. The first-order valence-corrected chi connectivity index (χ1v) is 8.29. The van der Waals surface area contributed by atoms with Gasteiger partial charge in [0.05, 0.1) is 17.8 Å². The smallest absolute Gasteiger partial charge is 0.0631 e. The number of hydrogen-bond donors (Lipinski definition) is 2. The molecule has 0 amide bonds. The maximum Gasteiger partial charge on any atom is 0.0631 e. The van der Waals surface area contributed by atoms with Crippen molar-refractivity contribution in [2.24, 2.45) is 10.8 Å². The van der Waals surface area contributed by atoms with Gasteiger partial charge in [0.25, 0.3) is 0 Å². The molecule has 0 aliphatic carbocycles. The van der Waals surface area contributed by atoms with Crippen LogP contribution >= 0.6 is 12.6 Å². The highest BCUT2D eigenvalue weighted by Crippen LogP contribution is 2.40. The van der Waals surface area contributed by atoms with E-state index in [0.717, 1.165) is 18.6 Å². The Morgan fingerprint density at radius 1 is 0.850 bits per heavy atom. The minimum atomic E-state index is -0.653. The van der Waals surface area contributed by atoms with E-state index in [4.69, 9.17) is 4.74 Å². The Kier molecular flexibility index (Phi) is 7.11. The van der Waals surface area contributed by atoms with Crippen LogP contribution in [0.2, 0.25) is 0 Å². The summed E-state index contributed by atoms with van der Waals surface area (Å²) in [5.41, 5.74) is -0.360. The first-order valence-electron chi connectivity index (χ1n) is 7.65. The number of rotatable bonds is 9. The quantitative estimate of drug-likeness (QED) is 0.604. The summed E-state index contributed by atoms with van der Waals surface area (Å²) in [5.74, 6) is 0.899. The van der Waals surface area contributed by atoms with Crippen LogP contribution in [0.15, 0.2) is 0 Å². The standard InChI is InChI=1S/C17H36O2S/c1-14(2,11-15(3,4)13-20)12-17(7,8)19-10-9-16(5,6)18/h18,20H,9-13H2,1-8H3. The van der Waals surface area contributed by atoms with Crippen molar-refractivity contribution in [3.8, 4) is 0 Å². The molecule has 0 aromatic heterocycles. The third-order valence-electron chi connectivity index (χ3n) is 3.50. The van der Waals surface area contributed by atoms with Gasteiger partial charge in [-0.15, -0.1) is 0 Å². The van der Waals surface area contributed by atoms with Gasteiger partial charge in [-0.2, -0.15) is 12.6 Å². The molecule has 0 fully saturated rings. The molecule has 0 aliphatic heterocycles. The van der Waals surface area contributed by atoms with Crippen molar-refractivity contribution in [1.29, 1.82) is 0 Å². The largest absolute Gasteiger partial charge is 0.390 e. The van der Waals surface area contributed by atoms with E-state index in [-0.39, 0.29) is 16.4 Å². The van der Waals surface area contributed by atoms with Crippen molar-refractivity contribution in [3.63, 3.8) is 0 Å². The second kappa shape index (κ2) is 7.02. The van der Waals surface area contributed by atoms with E-state index in [2.05, 4.69) is 54.2 Å². The lowest BCUT2D eigenvalue weighted by Gasteiger charge is -2.39. The van der Waals surface area contributed by atoms with Gasteiger partial charge in [-0.1, -0.05) is 27.7 Å². The molecule has 122 valence electrons. The number of thiol groups is 1. The summed E-state index contributed by atoms with van der Waals surface area (Å²) in [6.07, 6.45) is 2.80. The fourth-order valence-corrected chi connectivity index (χ4v) is 3.31. The van der Waals surface area contributed by atoms with Crippen LogP contribution in [0.5, 0.6) is 0 Å². The molecule has 0 unspecified atom stereocenters. The van der Waals surface area contributed by atoms with E-state index >= 15 is 0 Å². The van der Waals surface area contributed by atoms with Gasteiger partial charge in [0.15, 0.2) is 0 Å². The van der Waals surface area contributed by atoms with Crippen LogP contribution in [0.1, 0.15) is 74.7 Å². The van der Waals surface area contributed by atoms with E-state index < -0.39 is 5.60 Å². The van der Waals surface area contributed by atoms with Crippen LogP contribution in [0, 0.1) is 10.8 Å². The van der Waals surface area contributed by atoms with Gasteiger partial charge in [-0.05, 0) is 63.5 Å². The summed E-state index contributed by atoms with van der Waals surface area (Å²) in [5, 5.41) is 9.74. The zero-order valence-corrected chi connectivity index (χ0v) is 15.7. The lowest BCUT2D eigenvalue weighted by atomic mass is 9.71. The third-order valence-corrected chi connectivity index (χ3v) is 4.35. The Hall–Kier alpha value is 0.270. The maximum atomic E-state index is 9.74. The first-order chi connectivity index (χ1) is 8.68. The van der Waals surface area contributed by atoms with Crippen LogP contribution in [0.4, 0.5) is 0 Å². The van der Waals surface area contributed by atoms with Gasteiger partial charge in [0.2, 0.25) is 0 Å². The highest BCUT2D eigenvalue weighted by atomic mass is 32.1. The molecule has 0 rings (SSSR count). The Balaban J connectivity index is 4.43. The monoisotopic (exact) mass is 304 g/mol. The normalized spacial score (nSPS) is 14.7. The maximum absolute atomic E-state index is 9.74. The van der Waals surface area contributed by atoms with E-state index in [1.807, 2.05) is 13.8 Å². The molecule has 0 aliphatic rings. The minimum absolute atomic E-state index is 0.165. The van der Waals surface area contributed by atoms with Crippen molar-refractivity contribution < 1.29 is 9.84 Å². The summed E-state index contributed by atoms with van der Waals surface area (Å²) < 4.78 is 6.01. The first kappa shape index (κ1) is 20.3. The third kappa shape index (κ3) is 10.1. The predicted molar refractivity (Wildman–Crippen MR) is 91.6 cm³/mol. The molecule has 3 heteroatoms. The van der Waals surface area contributed by atoms with Crippen LogP contribution in [-0.2, 0) is 4.74 Å². The number of ether oxygens (including phenoxy) is 1. The molecule has 0 aromatic carbocycles. The Morgan fingerprint density at radius 3 is 1.75 bits per heavy atom. The fourth-order valence-electron chi connectivity index (χ4n) is 3.19. The average Bonchev–Trinajstić information content (AvgIpc) is 2.10. The zero-order chi connectivity index (χ0) is 16.2. The van der Waals surface area contributed by atoms with E-state index in [1.54, 1.807) is 0 Å². The van der Waals surface area contributed by atoms with Crippen molar-refractivity contribution in [2.45, 2.75) is 85.9 Å². The molecule has 2 nitrogen and oxygen atoms in total. The summed E-state index contributed by atoms with van der Waals surface area (Å²) in [6, 6.07) is 0. The van der Waals surface area contributed by atoms with E-state index in [9.17, 15) is 5.11 Å². The highest BCUT2D eigenvalue weighted by molar-refractivity contribution is 7.80. The highest BCUT2D eigenvalue weighted by Gasteiger charge is 2.34. The molecule has 0 saturated heterocycles. The molecule has 0 bridgehead atoms. The van der Waals surface area contributed by atoms with Crippen molar-refractivity contribution in [3.05, 3.63) is 0 Å². The lowest BCUT2D eigenvalue weighted by Crippen LogP contribution is -2.36. The number of aliphatic hydroxyl groups is 1. The molecule has 0 heterocycles. The molecule has 0 saturated carbocycles. The molecule has 0 spiro atoms. The second-order valence-corrected chi connectivity index (χ2v) is 9.33. The van der Waals surface area contributed by atoms with Crippen molar-refractivity contribution in [1.82, 2.24) is 0 Å². The van der Waals surface area contributed by atoms with Crippen LogP contribution in [-0.4, -0.2) is 28.7 Å². The minimum Gasteiger partial charge on any atom is -0.390 e. The second-order valence-electron chi connectivity index (χ2n) is 9.01. The zero-order valence-electron chi connectivity index (χ0n) is 14.8. The SMILES string of the molecule is CC(C)(O)CCOC(C)(C)CC(C)(C)CC(C)(C)CS. The van der Waals surface area contributed by atoms with Gasteiger partial charge in [0.1, 0.15) is 0 Å². The lowest BCUT2D eigenvalue weighted by molar-refractivity contribution is -0.0697. The topological polar surface area (TPSA) is 29.5 Å². The summed E-state index contributed by atoms with van der Waals surface area (Å²) in [6.45, 7) is 17.7. The Labute approximate surface area is 132 Å². The molecule has 20 heavy (non-hydrogen) atoms. The van der Waals surface area contributed by atoms with Crippen molar-refractivity contribution >= 4 is 12.6 Å². The summed E-state index contributed by atoms with van der Waals surface area (Å²) in [4.78, 5) is 0. The van der Waals surface area contributed by atoms with Crippen LogP contribution < -0.4 is 0 Å². The summed E-state index contributed by atoms with van der Waals surface area (Å²) in [7, 11) is 0. The predicted octanol–water partition coefficient (Wildman–Crippen LogP) is 4.71. The van der Waals surface area contributed by atoms with Crippen LogP contribution in [0.25, 0.3) is 0 Å². The van der Waals surface area contributed by atoms with E-state index in [0.29, 0.717) is 13.0 Å². The van der Waals surface area contributed by atoms with Crippen LogP contribution in [0.3, 0.4) is 0 Å². The Morgan fingerprint density at radius 2 is 1.35 bits per heavy atom. The molecular formula is C17H36O2S. The van der Waals surface area contributed by atoms with E-state index in [1.165, 1.54) is 0 Å². The number of hydrogen-bond acceptors (Lipinski definition) is 3. The average molecular weight is 305 g/mol. The van der Waals surface area contributed by atoms with Gasteiger partial charge >= 0.3 is 0 Å². The Bertz CT molecular complexity index is 288. The van der Waals surface area contributed by atoms with Gasteiger partial charge in [0, 0.05) is 0 Å². The van der Waals surface area contributed by atoms with Gasteiger partial charge < -0.3 is 9.84 Å². The molecule has 0 aromatic rings. The van der Waals surface area contributed by atoms with Gasteiger partial charge in [-0.25, -0.2) is 0 Å². The fraction of sp³-hybridized carbons (Fsp3) is 1.00. The molecule has 0 radical (unpaired) electrons. The molecule has 0 atom stereocenters.